The number of halogens is 1. The Bertz CT molecular complexity index is 1060. The molecule has 1 aliphatic rings. The van der Waals surface area contributed by atoms with Crippen molar-refractivity contribution < 1.29 is 18.4 Å². The number of amides is 3. The van der Waals surface area contributed by atoms with Crippen LogP contribution in [-0.2, 0) is 11.3 Å². The molecule has 0 unspecified atom stereocenters. The molecular weight excluding hydrogens is 379 g/mol. The lowest BCUT2D eigenvalue weighted by Gasteiger charge is -2.12. The highest BCUT2D eigenvalue weighted by Gasteiger charge is 2.34. The quantitative estimate of drug-likeness (QED) is 0.505. The summed E-state index contributed by atoms with van der Waals surface area (Å²) in [5.74, 6) is -0.550. The zero-order chi connectivity index (χ0) is 19.5. The molecule has 2 heterocycles. The molecule has 0 atom stereocenters. The molecule has 0 spiro atoms. The van der Waals surface area contributed by atoms with Crippen molar-refractivity contribution in [2.45, 2.75) is 16.5 Å². The number of carbonyl (C=O) groups excluding carboxylic acids is 2. The van der Waals surface area contributed by atoms with Gasteiger partial charge in [-0.2, -0.15) is 0 Å². The van der Waals surface area contributed by atoms with Crippen LogP contribution in [0.3, 0.4) is 0 Å². The lowest BCUT2D eigenvalue weighted by molar-refractivity contribution is -0.123. The largest absolute Gasteiger partial charge is 0.450 e. The maximum Gasteiger partial charge on any atom is 0.329 e. The minimum absolute atomic E-state index is 0.0898. The number of nitrogens with zero attached hydrogens (tertiary/aromatic N) is 1. The normalized spacial score (nSPS) is 15.3. The summed E-state index contributed by atoms with van der Waals surface area (Å²) >= 11 is 1.45. The molecule has 1 fully saturated rings. The maximum absolute atomic E-state index is 13.8. The van der Waals surface area contributed by atoms with Gasteiger partial charge in [-0.25, -0.2) is 9.18 Å². The number of carbonyl (C=O) groups is 2. The Kier molecular flexibility index (Phi) is 4.99. The minimum Gasteiger partial charge on any atom is -0.450 e. The molecule has 1 N–H and O–H groups in total. The first kappa shape index (κ1) is 18.1. The molecule has 0 bridgehead atoms. The van der Waals surface area contributed by atoms with Crippen LogP contribution < -0.4 is 5.32 Å². The average molecular weight is 394 g/mol. The van der Waals surface area contributed by atoms with E-state index in [1.807, 2.05) is 30.3 Å². The predicted octanol–water partition coefficient (Wildman–Crippen LogP) is 4.66. The Labute approximate surface area is 164 Å². The summed E-state index contributed by atoms with van der Waals surface area (Å²) in [7, 11) is 0. The summed E-state index contributed by atoms with van der Waals surface area (Å²) in [4.78, 5) is 26.7. The summed E-state index contributed by atoms with van der Waals surface area (Å²) in [5, 5.41) is 3.18. The molecule has 0 aliphatic carbocycles. The van der Waals surface area contributed by atoms with Gasteiger partial charge >= 0.3 is 6.03 Å². The number of hydrogen-bond donors (Lipinski definition) is 1. The van der Waals surface area contributed by atoms with E-state index in [0.717, 1.165) is 9.80 Å². The highest BCUT2D eigenvalue weighted by Crippen LogP contribution is 2.30. The number of hydrogen-bond acceptors (Lipinski definition) is 4. The van der Waals surface area contributed by atoms with Gasteiger partial charge in [0.2, 0.25) is 0 Å². The average Bonchev–Trinajstić information content (AvgIpc) is 3.23. The van der Waals surface area contributed by atoms with Crippen molar-refractivity contribution in [2.75, 3.05) is 0 Å². The Morgan fingerprint density at radius 2 is 1.75 bits per heavy atom. The first-order chi connectivity index (χ1) is 13.6. The van der Waals surface area contributed by atoms with Gasteiger partial charge in [0.05, 0.1) is 6.54 Å². The molecule has 4 rings (SSSR count). The van der Waals surface area contributed by atoms with E-state index in [0.29, 0.717) is 10.9 Å². The zero-order valence-corrected chi connectivity index (χ0v) is 15.4. The fourth-order valence-electron chi connectivity index (χ4n) is 2.73. The van der Waals surface area contributed by atoms with Crippen molar-refractivity contribution in [3.63, 3.8) is 0 Å². The van der Waals surface area contributed by atoms with E-state index < -0.39 is 17.8 Å². The monoisotopic (exact) mass is 394 g/mol. The lowest BCUT2D eigenvalue weighted by Crippen LogP contribution is -2.30. The zero-order valence-electron chi connectivity index (χ0n) is 14.6. The number of rotatable bonds is 5. The fourth-order valence-corrected chi connectivity index (χ4v) is 3.53. The highest BCUT2D eigenvalue weighted by atomic mass is 32.2. The van der Waals surface area contributed by atoms with Crippen molar-refractivity contribution in [3.8, 4) is 0 Å². The fraction of sp³-hybridized carbons (Fsp3) is 0.0476. The summed E-state index contributed by atoms with van der Waals surface area (Å²) in [6.45, 7) is -0.137. The molecule has 0 radical (unpaired) electrons. The first-order valence-corrected chi connectivity index (χ1v) is 9.32. The second kappa shape index (κ2) is 7.74. The third kappa shape index (κ3) is 3.84. The summed E-state index contributed by atoms with van der Waals surface area (Å²) in [6.07, 6.45) is 1.47. The highest BCUT2D eigenvalue weighted by molar-refractivity contribution is 7.99. The standard InChI is InChI=1S/C21H15FN2O3S/c22-17-9-5-4-6-14(17)13-24-20(25)18(23-21(24)26)12-15-10-11-19(27-15)28-16-7-2-1-3-8-16/h1-12H,13H2,(H,23,26). The molecule has 1 saturated heterocycles. The minimum atomic E-state index is -0.593. The Morgan fingerprint density at radius 1 is 1.00 bits per heavy atom. The van der Waals surface area contributed by atoms with Crippen LogP contribution in [-0.4, -0.2) is 16.8 Å². The molecule has 3 aromatic rings. The van der Waals surface area contributed by atoms with Crippen molar-refractivity contribution in [1.82, 2.24) is 10.2 Å². The van der Waals surface area contributed by atoms with Gasteiger partial charge in [0, 0.05) is 16.5 Å². The van der Waals surface area contributed by atoms with Crippen molar-refractivity contribution >= 4 is 29.8 Å². The molecule has 1 aliphatic heterocycles. The summed E-state index contributed by atoms with van der Waals surface area (Å²) in [5.41, 5.74) is 0.360. The third-order valence-corrected chi connectivity index (χ3v) is 5.03. The van der Waals surface area contributed by atoms with Crippen LogP contribution in [0.15, 0.2) is 86.8 Å². The van der Waals surface area contributed by atoms with Crippen molar-refractivity contribution in [3.05, 3.63) is 89.6 Å². The number of furan rings is 1. The molecule has 7 heteroatoms. The number of imide groups is 1. The maximum atomic E-state index is 13.8. The van der Waals surface area contributed by atoms with Crippen LogP contribution in [0, 0.1) is 5.82 Å². The molecule has 3 amide bonds. The van der Waals surface area contributed by atoms with Gasteiger partial charge in [0.25, 0.3) is 5.91 Å². The van der Waals surface area contributed by atoms with E-state index in [1.165, 1.54) is 30.0 Å². The van der Waals surface area contributed by atoms with Crippen LogP contribution in [0.25, 0.3) is 6.08 Å². The number of urea groups is 1. The molecule has 0 saturated carbocycles. The predicted molar refractivity (Wildman–Crippen MR) is 103 cm³/mol. The van der Waals surface area contributed by atoms with Crippen LogP contribution >= 0.6 is 11.8 Å². The van der Waals surface area contributed by atoms with E-state index in [2.05, 4.69) is 5.32 Å². The van der Waals surface area contributed by atoms with Gasteiger partial charge in [-0.3, -0.25) is 9.69 Å². The summed E-state index contributed by atoms with van der Waals surface area (Å²) < 4.78 is 19.5. The van der Waals surface area contributed by atoms with Crippen LogP contribution in [0.1, 0.15) is 11.3 Å². The van der Waals surface area contributed by atoms with Crippen molar-refractivity contribution in [2.24, 2.45) is 0 Å². The number of nitrogens with one attached hydrogen (secondary N) is 1. The molecule has 1 aromatic heterocycles. The second-order valence-electron chi connectivity index (χ2n) is 6.04. The second-order valence-corrected chi connectivity index (χ2v) is 7.12. The van der Waals surface area contributed by atoms with E-state index in [4.69, 9.17) is 4.42 Å². The molecule has 140 valence electrons. The Morgan fingerprint density at radius 3 is 2.54 bits per heavy atom. The van der Waals surface area contributed by atoms with Crippen LogP contribution in [0.2, 0.25) is 0 Å². The topological polar surface area (TPSA) is 62.6 Å². The van der Waals surface area contributed by atoms with E-state index in [9.17, 15) is 14.0 Å². The number of benzene rings is 2. The Hall–Kier alpha value is -3.32. The van der Waals surface area contributed by atoms with Gasteiger partial charge in [0.1, 0.15) is 17.3 Å². The van der Waals surface area contributed by atoms with Crippen LogP contribution in [0.5, 0.6) is 0 Å². The van der Waals surface area contributed by atoms with Crippen molar-refractivity contribution in [1.29, 1.82) is 0 Å². The first-order valence-electron chi connectivity index (χ1n) is 8.51. The molecular formula is C21H15FN2O3S. The van der Waals surface area contributed by atoms with Gasteiger partial charge < -0.3 is 9.73 Å². The van der Waals surface area contributed by atoms with Gasteiger partial charge in [-0.1, -0.05) is 48.2 Å². The molecule has 2 aromatic carbocycles. The van der Waals surface area contributed by atoms with Gasteiger partial charge in [0.15, 0.2) is 5.09 Å². The van der Waals surface area contributed by atoms with Gasteiger partial charge in [-0.15, -0.1) is 0 Å². The Balaban J connectivity index is 1.49. The smallest absolute Gasteiger partial charge is 0.329 e. The van der Waals surface area contributed by atoms with E-state index >= 15 is 0 Å². The molecule has 28 heavy (non-hydrogen) atoms. The van der Waals surface area contributed by atoms with Gasteiger partial charge in [-0.05, 0) is 30.3 Å². The SMILES string of the molecule is O=C1NC(=Cc2ccc(Sc3ccccc3)o2)C(=O)N1Cc1ccccc1F. The third-order valence-electron chi connectivity index (χ3n) is 4.10. The lowest BCUT2D eigenvalue weighted by atomic mass is 10.2. The van der Waals surface area contributed by atoms with Crippen LogP contribution in [0.4, 0.5) is 9.18 Å². The molecule has 5 nitrogen and oxygen atoms in total. The summed E-state index contributed by atoms with van der Waals surface area (Å²) in [6, 6.07) is 18.7. The van der Waals surface area contributed by atoms with E-state index in [-0.39, 0.29) is 17.8 Å². The van der Waals surface area contributed by atoms with E-state index in [1.54, 1.807) is 24.3 Å².